The highest BCUT2D eigenvalue weighted by atomic mass is 32.2. The summed E-state index contributed by atoms with van der Waals surface area (Å²) in [4.78, 5) is 8.67. The molecule has 2 aliphatic rings. The van der Waals surface area contributed by atoms with Crippen LogP contribution in [0, 0.1) is 10.4 Å². The van der Waals surface area contributed by atoms with Gasteiger partial charge in [-0.3, -0.25) is 9.97 Å². The van der Waals surface area contributed by atoms with Crippen LogP contribution < -0.4 is 10.4 Å². The fraction of sp³-hybridized carbons (Fsp3) is 0.217. The molecular formula is C23H20N2O2S. The summed E-state index contributed by atoms with van der Waals surface area (Å²) < 4.78 is 24.2. The lowest BCUT2D eigenvalue weighted by atomic mass is 9.88. The minimum atomic E-state index is -3.06. The molecule has 0 radical (unpaired) electrons. The van der Waals surface area contributed by atoms with Crippen molar-refractivity contribution < 1.29 is 8.42 Å². The van der Waals surface area contributed by atoms with Crippen molar-refractivity contribution in [1.82, 2.24) is 9.97 Å². The Bertz CT molecular complexity index is 1410. The lowest BCUT2D eigenvalue weighted by Gasteiger charge is -2.22. The van der Waals surface area contributed by atoms with Crippen LogP contribution in [-0.4, -0.2) is 29.9 Å². The van der Waals surface area contributed by atoms with Gasteiger partial charge in [0.25, 0.3) is 0 Å². The van der Waals surface area contributed by atoms with Crippen LogP contribution in [0.5, 0.6) is 0 Å². The maximum Gasteiger partial charge on any atom is 0.150 e. The first-order valence-corrected chi connectivity index (χ1v) is 11.4. The van der Waals surface area contributed by atoms with E-state index >= 15 is 0 Å². The predicted octanol–water partition coefficient (Wildman–Crippen LogP) is 1.91. The molecule has 140 valence electrons. The van der Waals surface area contributed by atoms with Crippen molar-refractivity contribution in [3.8, 4) is 11.3 Å². The van der Waals surface area contributed by atoms with Crippen LogP contribution in [0.15, 0.2) is 48.9 Å². The lowest BCUT2D eigenvalue weighted by molar-refractivity contribution is 0.583. The van der Waals surface area contributed by atoms with Gasteiger partial charge in [-0.05, 0) is 51.3 Å². The van der Waals surface area contributed by atoms with Crippen molar-refractivity contribution in [2.75, 3.05) is 6.26 Å². The third-order valence-corrected chi connectivity index (χ3v) is 7.42. The zero-order valence-electron chi connectivity index (χ0n) is 15.6. The average Bonchev–Trinajstić information content (AvgIpc) is 2.72. The minimum absolute atomic E-state index is 0.321. The van der Waals surface area contributed by atoms with Gasteiger partial charge in [-0.2, -0.15) is 0 Å². The number of fused-ring (bicyclic) bond motifs is 4. The maximum absolute atomic E-state index is 12.1. The summed E-state index contributed by atoms with van der Waals surface area (Å²) in [6.07, 6.45) is 12.8. The molecule has 4 nitrogen and oxygen atoms in total. The van der Waals surface area contributed by atoms with Gasteiger partial charge in [0.15, 0.2) is 9.84 Å². The smallest absolute Gasteiger partial charge is 0.150 e. The molecule has 2 aromatic carbocycles. The van der Waals surface area contributed by atoms with Gasteiger partial charge in [-0.1, -0.05) is 42.5 Å². The van der Waals surface area contributed by atoms with E-state index in [4.69, 9.17) is 0 Å². The maximum atomic E-state index is 12.1. The summed E-state index contributed by atoms with van der Waals surface area (Å²) in [6.45, 7) is 0. The van der Waals surface area contributed by atoms with Crippen molar-refractivity contribution in [2.45, 2.75) is 24.5 Å². The second-order valence-corrected chi connectivity index (χ2v) is 9.85. The summed E-state index contributed by atoms with van der Waals surface area (Å²) in [5, 5.41) is 4.41. The van der Waals surface area contributed by atoms with Crippen LogP contribution in [0.2, 0.25) is 0 Å². The molecule has 0 N–H and O–H groups in total. The molecule has 0 fully saturated rings. The molecular weight excluding hydrogens is 368 g/mol. The van der Waals surface area contributed by atoms with E-state index in [-0.39, 0.29) is 5.25 Å². The molecule has 1 unspecified atom stereocenters. The first kappa shape index (κ1) is 17.3. The number of aromatic nitrogens is 2. The van der Waals surface area contributed by atoms with Crippen LogP contribution >= 0.6 is 0 Å². The monoisotopic (exact) mass is 388 g/mol. The zero-order valence-corrected chi connectivity index (χ0v) is 16.4. The standard InChI is InChI=1S/C23H20N2O2S/c1-28(26,27)16-7-5-15-6-8-18-17-3-2-4-21(23-14-24-11-12-25-23)19(17)9-10-20(18)22(15)13-16/h2-6,8-9,11-12,14,16H,7,10,13H2,1H3. The van der Waals surface area contributed by atoms with E-state index in [1.54, 1.807) is 18.6 Å². The largest absolute Gasteiger partial charge is 0.261 e. The zero-order chi connectivity index (χ0) is 19.3. The van der Waals surface area contributed by atoms with E-state index in [1.165, 1.54) is 38.3 Å². The third kappa shape index (κ3) is 2.78. The summed E-state index contributed by atoms with van der Waals surface area (Å²) in [6, 6.07) is 10.6. The third-order valence-electron chi connectivity index (χ3n) is 5.85. The molecule has 0 spiro atoms. The molecule has 1 heterocycles. The normalized spacial score (nSPS) is 17.5. The van der Waals surface area contributed by atoms with Crippen molar-refractivity contribution in [2.24, 2.45) is 0 Å². The molecule has 5 rings (SSSR count). The summed E-state index contributed by atoms with van der Waals surface area (Å²) >= 11 is 0. The molecule has 28 heavy (non-hydrogen) atoms. The molecule has 2 aliphatic carbocycles. The van der Waals surface area contributed by atoms with Crippen LogP contribution in [0.1, 0.15) is 17.5 Å². The Balaban J connectivity index is 1.80. The van der Waals surface area contributed by atoms with E-state index in [0.29, 0.717) is 12.8 Å². The molecule has 1 aromatic heterocycles. The fourth-order valence-corrected chi connectivity index (χ4v) is 5.33. The quantitative estimate of drug-likeness (QED) is 0.673. The molecule has 3 aromatic rings. The van der Waals surface area contributed by atoms with Crippen molar-refractivity contribution >= 4 is 22.0 Å². The highest BCUT2D eigenvalue weighted by molar-refractivity contribution is 7.91. The second kappa shape index (κ2) is 6.38. The number of benzene rings is 2. The number of rotatable bonds is 2. The van der Waals surface area contributed by atoms with Crippen LogP contribution in [0.4, 0.5) is 0 Å². The van der Waals surface area contributed by atoms with Crippen LogP contribution in [0.25, 0.3) is 23.4 Å². The molecule has 0 saturated heterocycles. The predicted molar refractivity (Wildman–Crippen MR) is 110 cm³/mol. The number of hydrogen-bond donors (Lipinski definition) is 0. The Morgan fingerprint density at radius 2 is 1.89 bits per heavy atom. The Morgan fingerprint density at radius 3 is 2.68 bits per heavy atom. The minimum Gasteiger partial charge on any atom is -0.261 e. The van der Waals surface area contributed by atoms with E-state index in [2.05, 4.69) is 52.5 Å². The van der Waals surface area contributed by atoms with Gasteiger partial charge in [0.1, 0.15) is 0 Å². The first-order chi connectivity index (χ1) is 13.5. The Kier molecular flexibility index (Phi) is 3.95. The number of hydrogen-bond acceptors (Lipinski definition) is 4. The van der Waals surface area contributed by atoms with Gasteiger partial charge >= 0.3 is 0 Å². The van der Waals surface area contributed by atoms with Crippen LogP contribution in [-0.2, 0) is 22.7 Å². The van der Waals surface area contributed by atoms with Gasteiger partial charge in [0.05, 0.1) is 17.1 Å². The van der Waals surface area contributed by atoms with E-state index in [9.17, 15) is 8.42 Å². The van der Waals surface area contributed by atoms with Gasteiger partial charge in [0, 0.05) is 24.2 Å². The number of sulfone groups is 1. The average molecular weight is 388 g/mol. The van der Waals surface area contributed by atoms with Gasteiger partial charge in [-0.25, -0.2) is 8.42 Å². The Morgan fingerprint density at radius 1 is 1.00 bits per heavy atom. The fourth-order valence-electron chi connectivity index (χ4n) is 4.41. The van der Waals surface area contributed by atoms with E-state index in [0.717, 1.165) is 17.7 Å². The van der Waals surface area contributed by atoms with E-state index in [1.807, 2.05) is 0 Å². The van der Waals surface area contributed by atoms with E-state index < -0.39 is 9.84 Å². The topological polar surface area (TPSA) is 59.9 Å². The van der Waals surface area contributed by atoms with Gasteiger partial charge in [0.2, 0.25) is 0 Å². The summed E-state index contributed by atoms with van der Waals surface area (Å²) in [5.41, 5.74) is 4.38. The molecule has 0 aliphatic heterocycles. The lowest BCUT2D eigenvalue weighted by Crippen LogP contribution is -2.31. The van der Waals surface area contributed by atoms with Gasteiger partial charge in [-0.15, -0.1) is 0 Å². The molecule has 0 saturated carbocycles. The molecule has 0 amide bonds. The van der Waals surface area contributed by atoms with Gasteiger partial charge < -0.3 is 0 Å². The highest BCUT2D eigenvalue weighted by Crippen LogP contribution is 2.22. The second-order valence-electron chi connectivity index (χ2n) is 7.52. The van der Waals surface area contributed by atoms with Crippen molar-refractivity contribution in [3.05, 3.63) is 80.9 Å². The van der Waals surface area contributed by atoms with Crippen molar-refractivity contribution in [1.29, 1.82) is 0 Å². The van der Waals surface area contributed by atoms with Crippen LogP contribution in [0.3, 0.4) is 0 Å². The highest BCUT2D eigenvalue weighted by Gasteiger charge is 2.25. The number of nitrogens with zero attached hydrogens (tertiary/aromatic N) is 2. The molecule has 1 atom stereocenters. The van der Waals surface area contributed by atoms with Crippen molar-refractivity contribution in [3.63, 3.8) is 0 Å². The summed E-state index contributed by atoms with van der Waals surface area (Å²) in [5.74, 6) is 0. The SMILES string of the molecule is CS(=O)(=O)C1CC=c2ccc3c(c2C1)CC=c1c(-c2cnccn2)cccc1=3. The summed E-state index contributed by atoms with van der Waals surface area (Å²) in [7, 11) is -3.06. The Hall–Kier alpha value is -2.79. The first-order valence-electron chi connectivity index (χ1n) is 9.42. The molecule has 0 bridgehead atoms. The Labute approximate surface area is 163 Å². The molecule has 5 heteroatoms.